The number of benzene rings is 1. The van der Waals surface area contributed by atoms with Gasteiger partial charge in [-0.05, 0) is 30.0 Å². The van der Waals surface area contributed by atoms with Gasteiger partial charge in [0, 0.05) is 0 Å². The first kappa shape index (κ1) is 16.8. The van der Waals surface area contributed by atoms with Gasteiger partial charge in [0.15, 0.2) is 11.5 Å². The molecule has 7 heteroatoms. The van der Waals surface area contributed by atoms with E-state index >= 15 is 0 Å². The highest BCUT2D eigenvalue weighted by Crippen LogP contribution is 2.25. The lowest BCUT2D eigenvalue weighted by Crippen LogP contribution is -2.51. The molecule has 2 atom stereocenters. The van der Waals surface area contributed by atoms with Crippen molar-refractivity contribution in [2.45, 2.75) is 32.4 Å². The van der Waals surface area contributed by atoms with Crippen molar-refractivity contribution in [3.05, 3.63) is 23.8 Å². The smallest absolute Gasteiger partial charge is 0.326 e. The normalized spacial score (nSPS) is 13.7. The molecule has 1 amide bonds. The zero-order chi connectivity index (χ0) is 16.2. The molecule has 0 saturated heterocycles. The fourth-order valence-corrected chi connectivity index (χ4v) is 1.82. The molecule has 1 rings (SSSR count). The number of amides is 1. The molecule has 0 aliphatic carbocycles. The Kier molecular flexibility index (Phi) is 5.54. The number of carboxylic acid groups (broad SMARTS) is 1. The van der Waals surface area contributed by atoms with Crippen molar-refractivity contribution >= 4 is 11.9 Å². The molecular weight excluding hydrogens is 276 g/mol. The van der Waals surface area contributed by atoms with Gasteiger partial charge in [0.2, 0.25) is 5.91 Å². The summed E-state index contributed by atoms with van der Waals surface area (Å²) in [5.74, 6) is -2.53. The van der Waals surface area contributed by atoms with Gasteiger partial charge in [-0.1, -0.05) is 19.9 Å². The van der Waals surface area contributed by atoms with Crippen LogP contribution in [-0.4, -0.2) is 39.3 Å². The van der Waals surface area contributed by atoms with Crippen LogP contribution in [0.1, 0.15) is 19.4 Å². The summed E-state index contributed by atoms with van der Waals surface area (Å²) in [6, 6.07) is 2.17. The van der Waals surface area contributed by atoms with Crippen LogP contribution >= 0.6 is 0 Å². The molecular formula is C14H20N2O5. The Morgan fingerprint density at radius 3 is 2.33 bits per heavy atom. The van der Waals surface area contributed by atoms with Crippen molar-refractivity contribution < 1.29 is 24.9 Å². The van der Waals surface area contributed by atoms with Crippen LogP contribution < -0.4 is 11.1 Å². The summed E-state index contributed by atoms with van der Waals surface area (Å²) in [6.45, 7) is 3.37. The second-order valence-corrected chi connectivity index (χ2v) is 5.20. The van der Waals surface area contributed by atoms with Crippen LogP contribution in [0.5, 0.6) is 11.5 Å². The number of rotatable bonds is 6. The van der Waals surface area contributed by atoms with Gasteiger partial charge in [0.05, 0.1) is 6.04 Å². The molecule has 0 saturated carbocycles. The van der Waals surface area contributed by atoms with E-state index < -0.39 is 24.0 Å². The largest absolute Gasteiger partial charge is 0.504 e. The highest BCUT2D eigenvalue weighted by Gasteiger charge is 2.26. The van der Waals surface area contributed by atoms with Gasteiger partial charge in [-0.25, -0.2) is 4.79 Å². The monoisotopic (exact) mass is 296 g/mol. The summed E-state index contributed by atoms with van der Waals surface area (Å²) in [4.78, 5) is 22.9. The molecule has 116 valence electrons. The summed E-state index contributed by atoms with van der Waals surface area (Å²) >= 11 is 0. The van der Waals surface area contributed by atoms with Crippen molar-refractivity contribution in [2.24, 2.45) is 11.7 Å². The average molecular weight is 296 g/mol. The lowest BCUT2D eigenvalue weighted by molar-refractivity contribution is -0.143. The Labute approximate surface area is 122 Å². The van der Waals surface area contributed by atoms with Crippen LogP contribution in [0.3, 0.4) is 0 Å². The summed E-state index contributed by atoms with van der Waals surface area (Å²) in [7, 11) is 0. The number of carbonyl (C=O) groups excluding carboxylic acids is 1. The molecule has 0 aliphatic heterocycles. The fourth-order valence-electron chi connectivity index (χ4n) is 1.82. The van der Waals surface area contributed by atoms with E-state index in [0.717, 1.165) is 0 Å². The zero-order valence-electron chi connectivity index (χ0n) is 11.9. The average Bonchev–Trinajstić information content (AvgIpc) is 2.39. The Morgan fingerprint density at radius 1 is 1.24 bits per heavy atom. The number of hydrogen-bond acceptors (Lipinski definition) is 5. The SMILES string of the molecule is CC(C)C(NC(=O)[C@@H](N)Cc1ccc(O)c(O)c1)C(=O)O. The number of aliphatic carboxylic acids is 1. The van der Waals surface area contributed by atoms with Crippen molar-refractivity contribution in [2.75, 3.05) is 0 Å². The van der Waals surface area contributed by atoms with Gasteiger partial charge in [-0.3, -0.25) is 4.79 Å². The maximum atomic E-state index is 11.9. The van der Waals surface area contributed by atoms with Crippen molar-refractivity contribution in [3.8, 4) is 11.5 Å². The van der Waals surface area contributed by atoms with E-state index in [0.29, 0.717) is 5.56 Å². The van der Waals surface area contributed by atoms with Crippen LogP contribution in [0.2, 0.25) is 0 Å². The minimum Gasteiger partial charge on any atom is -0.504 e. The third-order valence-electron chi connectivity index (χ3n) is 3.06. The second-order valence-electron chi connectivity index (χ2n) is 5.20. The van der Waals surface area contributed by atoms with Crippen LogP contribution in [0, 0.1) is 5.92 Å². The van der Waals surface area contributed by atoms with Gasteiger partial charge >= 0.3 is 5.97 Å². The van der Waals surface area contributed by atoms with Gasteiger partial charge in [-0.2, -0.15) is 0 Å². The van der Waals surface area contributed by atoms with Crippen LogP contribution in [0.25, 0.3) is 0 Å². The molecule has 6 N–H and O–H groups in total. The van der Waals surface area contributed by atoms with E-state index in [1.54, 1.807) is 13.8 Å². The third kappa shape index (κ3) is 4.64. The Bertz CT molecular complexity index is 530. The van der Waals surface area contributed by atoms with Crippen LogP contribution in [0.15, 0.2) is 18.2 Å². The number of phenols is 2. The molecule has 0 radical (unpaired) electrons. The minimum absolute atomic E-state index is 0.115. The van der Waals surface area contributed by atoms with Crippen LogP contribution in [0.4, 0.5) is 0 Å². The van der Waals surface area contributed by atoms with E-state index in [9.17, 15) is 19.8 Å². The number of carbonyl (C=O) groups is 2. The summed E-state index contributed by atoms with van der Waals surface area (Å²) in [6.07, 6.45) is 0.115. The molecule has 1 unspecified atom stereocenters. The van der Waals surface area contributed by atoms with Crippen molar-refractivity contribution in [3.63, 3.8) is 0 Å². The van der Waals surface area contributed by atoms with E-state index in [2.05, 4.69) is 5.32 Å². The van der Waals surface area contributed by atoms with Gasteiger partial charge in [-0.15, -0.1) is 0 Å². The lowest BCUT2D eigenvalue weighted by atomic mass is 10.0. The number of hydrogen-bond donors (Lipinski definition) is 5. The molecule has 0 fully saturated rings. The zero-order valence-corrected chi connectivity index (χ0v) is 11.9. The Morgan fingerprint density at radius 2 is 1.86 bits per heavy atom. The quantitative estimate of drug-likeness (QED) is 0.476. The maximum absolute atomic E-state index is 11.9. The first-order valence-electron chi connectivity index (χ1n) is 6.52. The molecule has 0 heterocycles. The highest BCUT2D eigenvalue weighted by atomic mass is 16.4. The van der Waals surface area contributed by atoms with E-state index in [1.807, 2.05) is 0 Å². The number of nitrogens with two attached hydrogens (primary N) is 1. The van der Waals surface area contributed by atoms with Gasteiger partial charge in [0.1, 0.15) is 6.04 Å². The minimum atomic E-state index is -1.12. The van der Waals surface area contributed by atoms with Gasteiger partial charge < -0.3 is 26.4 Å². The first-order valence-corrected chi connectivity index (χ1v) is 6.52. The first-order chi connectivity index (χ1) is 9.72. The molecule has 7 nitrogen and oxygen atoms in total. The summed E-state index contributed by atoms with van der Waals surface area (Å²) in [5.41, 5.74) is 6.30. The predicted molar refractivity (Wildman–Crippen MR) is 75.9 cm³/mol. The molecule has 0 aliphatic rings. The van der Waals surface area contributed by atoms with Crippen molar-refractivity contribution in [1.82, 2.24) is 5.32 Å². The number of phenolic OH excluding ortho intramolecular Hbond substituents is 2. The Hall–Kier alpha value is -2.28. The third-order valence-corrected chi connectivity index (χ3v) is 3.06. The molecule has 21 heavy (non-hydrogen) atoms. The summed E-state index contributed by atoms with van der Waals surface area (Å²) in [5, 5.41) is 30.0. The van der Waals surface area contributed by atoms with E-state index in [-0.39, 0.29) is 23.8 Å². The molecule has 0 bridgehead atoms. The van der Waals surface area contributed by atoms with Gasteiger partial charge in [0.25, 0.3) is 0 Å². The number of carboxylic acids is 1. The second kappa shape index (κ2) is 6.94. The Balaban J connectivity index is 2.69. The molecule has 0 spiro atoms. The number of aromatic hydroxyl groups is 2. The molecule has 0 aromatic heterocycles. The van der Waals surface area contributed by atoms with E-state index in [4.69, 9.17) is 10.8 Å². The standard InChI is InChI=1S/C14H20N2O5/c1-7(2)12(14(20)21)16-13(19)9(15)5-8-3-4-10(17)11(18)6-8/h3-4,6-7,9,12,17-18H,5,15H2,1-2H3,(H,16,19)(H,20,21)/t9-,12?/m0/s1. The topological polar surface area (TPSA) is 133 Å². The maximum Gasteiger partial charge on any atom is 0.326 e. The lowest BCUT2D eigenvalue weighted by Gasteiger charge is -2.20. The van der Waals surface area contributed by atoms with Crippen molar-refractivity contribution in [1.29, 1.82) is 0 Å². The number of nitrogens with one attached hydrogen (secondary N) is 1. The molecule has 1 aromatic rings. The highest BCUT2D eigenvalue weighted by molar-refractivity contribution is 5.87. The van der Waals surface area contributed by atoms with Crippen LogP contribution in [-0.2, 0) is 16.0 Å². The predicted octanol–water partition coefficient (Wildman–Crippen LogP) is 0.193. The van der Waals surface area contributed by atoms with E-state index in [1.165, 1.54) is 18.2 Å². The molecule has 1 aromatic carbocycles. The summed E-state index contributed by atoms with van der Waals surface area (Å²) < 4.78 is 0. The fraction of sp³-hybridized carbons (Fsp3) is 0.429.